The lowest BCUT2D eigenvalue weighted by molar-refractivity contribution is 0.0700. The van der Waals surface area contributed by atoms with Crippen LogP contribution < -0.4 is 43.4 Å². The molecule has 0 bridgehead atoms. The van der Waals surface area contributed by atoms with E-state index in [1.807, 2.05) is 86.0 Å². The highest BCUT2D eigenvalue weighted by molar-refractivity contribution is 14.1. The van der Waals surface area contributed by atoms with Crippen LogP contribution in [0.1, 0.15) is 65.4 Å². The lowest BCUT2D eigenvalue weighted by atomic mass is 10.2. The molecule has 0 atom stereocenters. The first-order valence-corrected chi connectivity index (χ1v) is 43.6. The molecule has 28 nitrogen and oxygen atoms in total. The Balaban J connectivity index is 0.000000172. The van der Waals surface area contributed by atoms with Crippen LogP contribution in [0.3, 0.4) is 0 Å². The Labute approximate surface area is 780 Å². The number of hydrogen-bond donors (Lipinski definition) is 7. The molecule has 0 radical (unpaired) electrons. The average molecular weight is 2200 g/mol. The minimum Gasteiger partial charge on any atom is -0.477 e. The zero-order chi connectivity index (χ0) is 88.8. The number of carboxylic acid groups (broad SMARTS) is 1. The summed E-state index contributed by atoms with van der Waals surface area (Å²) in [4.78, 5) is 86.3. The molecule has 0 spiro atoms. The summed E-state index contributed by atoms with van der Waals surface area (Å²) in [5.41, 5.74) is 17.8. The fourth-order valence-electron chi connectivity index (χ4n) is 9.62. The van der Waals surface area contributed by atoms with Gasteiger partial charge in [-0.05, 0) is 231 Å². The second kappa shape index (κ2) is 47.7. The third-order valence-corrected chi connectivity index (χ3v) is 23.4. The molecule has 123 heavy (non-hydrogen) atoms. The number of amides is 4. The minimum atomic E-state index is -0.924. The topological polar surface area (TPSA) is 377 Å². The predicted molar refractivity (Wildman–Crippen MR) is 497 cm³/mol. The van der Waals surface area contributed by atoms with Gasteiger partial charge in [0, 0.05) is 53.3 Å². The number of thiophene rings is 5. The number of rotatable bonds is 19. The van der Waals surface area contributed by atoms with Crippen LogP contribution >= 0.6 is 182 Å². The molecule has 45 heteroatoms. The first kappa shape index (κ1) is 95.9. The van der Waals surface area contributed by atoms with Gasteiger partial charge in [-0.25, -0.2) is 36.4 Å². The van der Waals surface area contributed by atoms with Crippen molar-refractivity contribution in [3.8, 4) is 40.8 Å². The van der Waals surface area contributed by atoms with E-state index in [0.29, 0.717) is 69.6 Å². The molecular formula is C78H56Cl5F4I3N20O8S5. The Hall–Kier alpha value is -10.9. The number of nitrogens with two attached hydrogens (primary N) is 1. The molecule has 8 N–H and O–H groups in total. The number of pyridine rings is 2. The van der Waals surface area contributed by atoms with Gasteiger partial charge in [0.05, 0.1) is 120 Å². The van der Waals surface area contributed by atoms with E-state index in [1.165, 1.54) is 120 Å². The van der Waals surface area contributed by atoms with Crippen LogP contribution in [0, 0.1) is 46.3 Å². The van der Waals surface area contributed by atoms with E-state index in [4.69, 9.17) is 80.8 Å². The molecule has 0 fully saturated rings. The van der Waals surface area contributed by atoms with Gasteiger partial charge in [0.25, 0.3) is 34.7 Å². The quantitative estimate of drug-likeness (QED) is 0.00752. The van der Waals surface area contributed by atoms with Crippen molar-refractivity contribution < 1.29 is 46.6 Å². The molecule has 0 saturated heterocycles. The van der Waals surface area contributed by atoms with Gasteiger partial charge in [-0.1, -0.05) is 96.8 Å². The van der Waals surface area contributed by atoms with Crippen LogP contribution in [-0.2, 0) is 19.6 Å². The number of aromatic nitrogens is 11. The molecule has 0 aliphatic carbocycles. The largest absolute Gasteiger partial charge is 0.477 e. The molecular weight excluding hydrogens is 2140 g/mol. The Kier molecular flexibility index (Phi) is 37.2. The summed E-state index contributed by atoms with van der Waals surface area (Å²) in [6, 6.07) is 50.0. The van der Waals surface area contributed by atoms with Gasteiger partial charge in [0.15, 0.2) is 5.82 Å². The Bertz CT molecular complexity index is 6470. The summed E-state index contributed by atoms with van der Waals surface area (Å²) in [6.45, 7) is 0.808. The van der Waals surface area contributed by atoms with Crippen molar-refractivity contribution in [1.29, 1.82) is 0 Å². The third kappa shape index (κ3) is 29.4. The van der Waals surface area contributed by atoms with Crippen molar-refractivity contribution in [2.45, 2.75) is 19.6 Å². The second-order valence-corrected chi connectivity index (χ2v) is 36.0. The number of azide groups is 1. The normalized spacial score (nSPS) is 10.2. The number of carbonyl (C=O) groups excluding carboxylic acids is 4. The lowest BCUT2D eigenvalue weighted by Crippen LogP contribution is -2.22. The molecule has 5 aromatic carbocycles. The molecule has 0 aliphatic heterocycles. The van der Waals surface area contributed by atoms with Gasteiger partial charge in [0.1, 0.15) is 50.8 Å². The van der Waals surface area contributed by atoms with E-state index in [1.54, 1.807) is 156 Å². The Morgan fingerprint density at radius 2 is 0.854 bits per heavy atom. The predicted octanol–water partition coefficient (Wildman–Crippen LogP) is 19.2. The average Bonchev–Trinajstić information content (AvgIpc) is 1.80. The number of aromatic carboxylic acids is 1. The van der Waals surface area contributed by atoms with Gasteiger partial charge in [-0.15, -0.1) is 78.4 Å². The van der Waals surface area contributed by atoms with Crippen molar-refractivity contribution in [3.05, 3.63) is 347 Å². The van der Waals surface area contributed by atoms with Crippen molar-refractivity contribution in [2.24, 2.45) is 5.11 Å². The number of carboxylic acids is 1. The highest BCUT2D eigenvalue weighted by Crippen LogP contribution is 2.29. The molecule has 0 aliphatic rings. The summed E-state index contributed by atoms with van der Waals surface area (Å²) in [5.74, 6) is -1.30. The maximum absolute atomic E-state index is 14.6. The van der Waals surface area contributed by atoms with Gasteiger partial charge < -0.3 is 37.4 Å². The Morgan fingerprint density at radius 3 is 1.20 bits per heavy atom. The monoisotopic (exact) mass is 2190 g/mol. The molecule has 630 valence electrons. The van der Waals surface area contributed by atoms with E-state index >= 15 is 0 Å². The number of terminal acetylenes is 1. The molecule has 15 aromatic rings. The molecule has 10 heterocycles. The van der Waals surface area contributed by atoms with Gasteiger partial charge in [-0.3, -0.25) is 37.9 Å². The van der Waals surface area contributed by atoms with Crippen molar-refractivity contribution >= 4 is 229 Å². The SMILES string of the molecule is C#CCNC(=O)c1ccc(Cl)s1.CNc1cc(-n2ccccc2=O)ccc1-n1cc(CNC(=O)c2ccc(Cl)s2)nn1.Nc1ccc(I)cc1F.O=C(NCc1cn(-c2ccc(-n3ccccc3=O)cc2F)nn1)c1ccc(Cl)s1.O=C(NCc1cn(-c2ccc(I)cc2F)nn1)c1ccc(Cl)s1.O=C(O)c1ccc(Cl)s1.[N-]=[N+]=Nc1ccc(I)cc1F. The summed E-state index contributed by atoms with van der Waals surface area (Å²) < 4.78 is 66.1. The zero-order valence-corrected chi connectivity index (χ0v) is 76.7. The van der Waals surface area contributed by atoms with Crippen LogP contribution in [0.5, 0.6) is 0 Å². The van der Waals surface area contributed by atoms with Crippen LogP contribution in [0.2, 0.25) is 21.7 Å². The summed E-state index contributed by atoms with van der Waals surface area (Å²) in [6.07, 6.45) is 13.1. The lowest BCUT2D eigenvalue weighted by Gasteiger charge is -2.12. The molecule has 10 aromatic heterocycles. The number of nitrogens with zero attached hydrogens (tertiary/aromatic N) is 14. The van der Waals surface area contributed by atoms with E-state index in [2.05, 4.69) is 73.5 Å². The first-order chi connectivity index (χ1) is 58.9. The fraction of sp³-hybridized carbons (Fsp3) is 0.0641. The number of halogens is 12. The number of carbonyl (C=O) groups is 5. The van der Waals surface area contributed by atoms with Crippen LogP contribution in [0.25, 0.3) is 38.9 Å². The third-order valence-electron chi connectivity index (χ3n) is 15.3. The van der Waals surface area contributed by atoms with E-state index in [9.17, 15) is 51.1 Å². The maximum Gasteiger partial charge on any atom is 0.345 e. The van der Waals surface area contributed by atoms with E-state index in [-0.39, 0.29) is 94.5 Å². The highest BCUT2D eigenvalue weighted by Gasteiger charge is 2.18. The number of nitrogens with one attached hydrogen (secondary N) is 5. The van der Waals surface area contributed by atoms with E-state index in [0.717, 1.165) is 39.1 Å². The molecule has 0 unspecified atom stereocenters. The Morgan fingerprint density at radius 1 is 0.488 bits per heavy atom. The molecule has 15 rings (SSSR count). The standard InChI is InChI=1S/C20H17ClN6O2S.C19H13ClFN5O2S.C14H9ClFIN4OS.C8H6ClNOS.C6H3FIN3.C6H5FIN.C5H3ClO2S/c1-22-15-10-14(26-9-3-2-4-19(26)28)5-6-16(15)27-12-13(24-25-27)11-23-20(29)17-7-8-18(21)30-17;20-17-7-6-16(29-17)19(28)22-10-12-11-26(24-23-12)15-5-4-13(9-14(15)21)25-8-2-1-3-18(25)27;15-13-4-3-12(23-13)14(22)18-6-9-7-21(20-19-9)11-2-1-8(17)5-10(11)16;1-2-5-10-8(11)6-3-4-7(9)12-6;7-5-3-4(8)1-2-6(5)10-11-9;7-5-3-4(8)1-2-6(5)9;6-4-2-1-3(9-4)5(7)8/h2-10,12,22H,11H2,1H3,(H,23,29);1-9,11H,10H2,(H,22,28);1-5,7H,6H2,(H,18,22);1,3-4H,5H2,(H,10,11);1-3H;1-3H,9H2;1-2H,(H,7,8). The maximum atomic E-state index is 14.6. The number of benzene rings is 5. The second-order valence-electron chi connectivity index (χ2n) is 23.7. The van der Waals surface area contributed by atoms with Crippen LogP contribution in [-0.4, -0.2) is 102 Å². The zero-order valence-electron chi connectivity index (χ0n) is 62.4. The summed E-state index contributed by atoms with van der Waals surface area (Å²) >= 11 is 40.5. The van der Waals surface area contributed by atoms with E-state index < -0.39 is 17.6 Å². The van der Waals surface area contributed by atoms with Crippen molar-refractivity contribution in [2.75, 3.05) is 24.6 Å². The number of nitrogen functional groups attached to an aromatic ring is 1. The number of hydrogen-bond acceptors (Lipinski definition) is 21. The fourth-order valence-corrected chi connectivity index (χ4v) is 15.7. The van der Waals surface area contributed by atoms with Crippen molar-refractivity contribution in [1.82, 2.24) is 75.4 Å². The van der Waals surface area contributed by atoms with Gasteiger partial charge in [0.2, 0.25) is 0 Å². The summed E-state index contributed by atoms with van der Waals surface area (Å²) in [5, 5.41) is 49.4. The molecule has 0 saturated carbocycles. The first-order valence-electron chi connectivity index (χ1n) is 34.4. The highest BCUT2D eigenvalue weighted by atomic mass is 127. The van der Waals surface area contributed by atoms with Crippen LogP contribution in [0.4, 0.5) is 34.6 Å². The smallest absolute Gasteiger partial charge is 0.345 e. The number of anilines is 2. The molecule has 4 amide bonds. The van der Waals surface area contributed by atoms with Gasteiger partial charge >= 0.3 is 5.97 Å². The van der Waals surface area contributed by atoms with Crippen molar-refractivity contribution in [3.63, 3.8) is 0 Å². The van der Waals surface area contributed by atoms with Gasteiger partial charge in [-0.2, -0.15) is 0 Å². The van der Waals surface area contributed by atoms with Crippen LogP contribution in [0.15, 0.2) is 234 Å². The minimum absolute atomic E-state index is 0.0351. The summed E-state index contributed by atoms with van der Waals surface area (Å²) in [7, 11) is 1.79.